The maximum atomic E-state index is 13.2. The molecule has 1 aliphatic rings. The van der Waals surface area contributed by atoms with Crippen LogP contribution in [-0.2, 0) is 29.0 Å². The number of hydrogen-bond acceptors (Lipinski definition) is 3. The Bertz CT molecular complexity index is 1160. The van der Waals surface area contributed by atoms with Gasteiger partial charge in [0.1, 0.15) is 17.4 Å². The predicted octanol–water partition coefficient (Wildman–Crippen LogP) is 4.89. The van der Waals surface area contributed by atoms with Crippen LogP contribution in [0, 0.1) is 11.6 Å². The molecule has 3 aromatic carbocycles. The zero-order valence-electron chi connectivity index (χ0n) is 18.9. The number of nitrogens with zero attached hydrogens (tertiary/aromatic N) is 1. The van der Waals surface area contributed by atoms with E-state index in [1.807, 2.05) is 13.0 Å². The van der Waals surface area contributed by atoms with E-state index in [1.165, 1.54) is 24.3 Å². The zero-order valence-corrected chi connectivity index (χ0v) is 18.9. The molecule has 34 heavy (non-hydrogen) atoms. The van der Waals surface area contributed by atoms with Gasteiger partial charge in [0.05, 0.1) is 6.42 Å². The fourth-order valence-corrected chi connectivity index (χ4v) is 3.94. The fourth-order valence-electron chi connectivity index (χ4n) is 3.94. The van der Waals surface area contributed by atoms with Crippen molar-refractivity contribution < 1.29 is 23.1 Å². The van der Waals surface area contributed by atoms with Crippen molar-refractivity contribution in [1.82, 2.24) is 4.90 Å². The molecule has 5 nitrogen and oxygen atoms in total. The quantitative estimate of drug-likeness (QED) is 0.542. The summed E-state index contributed by atoms with van der Waals surface area (Å²) in [6.45, 7) is 2.70. The molecule has 0 aromatic heterocycles. The summed E-state index contributed by atoms with van der Waals surface area (Å²) in [6.07, 6.45) is 0.648. The molecule has 176 valence electrons. The number of rotatable bonds is 7. The van der Waals surface area contributed by atoms with Crippen LogP contribution in [0.2, 0.25) is 0 Å². The summed E-state index contributed by atoms with van der Waals surface area (Å²) in [5.41, 5.74) is 3.04. The second-order valence-electron chi connectivity index (χ2n) is 8.32. The van der Waals surface area contributed by atoms with Crippen molar-refractivity contribution in [3.63, 3.8) is 0 Å². The van der Waals surface area contributed by atoms with E-state index in [4.69, 9.17) is 4.74 Å². The molecule has 7 heteroatoms. The van der Waals surface area contributed by atoms with Gasteiger partial charge in [-0.1, -0.05) is 31.2 Å². The number of carbonyl (C=O) groups excluding carboxylic acids is 2. The van der Waals surface area contributed by atoms with Crippen LogP contribution in [-0.4, -0.2) is 29.4 Å². The summed E-state index contributed by atoms with van der Waals surface area (Å²) in [5.74, 6) is -0.351. The zero-order chi connectivity index (χ0) is 24.1. The molecule has 0 spiro atoms. The first kappa shape index (κ1) is 23.4. The van der Waals surface area contributed by atoms with Gasteiger partial charge in [0.2, 0.25) is 5.91 Å². The van der Waals surface area contributed by atoms with Crippen LogP contribution in [0.5, 0.6) is 5.75 Å². The van der Waals surface area contributed by atoms with Crippen LogP contribution in [0.15, 0.2) is 66.7 Å². The lowest BCUT2D eigenvalue weighted by molar-refractivity contribution is -0.138. The highest BCUT2D eigenvalue weighted by Crippen LogP contribution is 2.29. The Balaban J connectivity index is 1.47. The number of hydrogen-bond donors (Lipinski definition) is 1. The molecule has 3 aromatic rings. The highest BCUT2D eigenvalue weighted by Gasteiger charge is 2.29. The monoisotopic (exact) mass is 464 g/mol. The van der Waals surface area contributed by atoms with Gasteiger partial charge in [-0.15, -0.1) is 0 Å². The minimum Gasteiger partial charge on any atom is -0.480 e. The minimum atomic E-state index is -0.589. The molecule has 1 aliphatic heterocycles. The second kappa shape index (κ2) is 10.5. The molecule has 0 radical (unpaired) electrons. The fraction of sp³-hybridized carbons (Fsp3) is 0.259. The Hall–Kier alpha value is -3.74. The van der Waals surface area contributed by atoms with Crippen LogP contribution in [0.25, 0.3) is 0 Å². The van der Waals surface area contributed by atoms with Crippen molar-refractivity contribution >= 4 is 17.5 Å². The van der Waals surface area contributed by atoms with E-state index in [1.54, 1.807) is 41.3 Å². The van der Waals surface area contributed by atoms with E-state index in [2.05, 4.69) is 5.32 Å². The topological polar surface area (TPSA) is 58.6 Å². The molecule has 0 aliphatic carbocycles. The number of carbonyl (C=O) groups is 2. The SMILES string of the molecule is CCC1Oc2ccc(NC(=O)Cc3ccc(F)cc3)cc2CN(CCc2ccc(F)cc2)C1=O. The summed E-state index contributed by atoms with van der Waals surface area (Å²) >= 11 is 0. The summed E-state index contributed by atoms with van der Waals surface area (Å²) in [6, 6.07) is 17.4. The van der Waals surface area contributed by atoms with E-state index in [9.17, 15) is 18.4 Å². The molecule has 0 saturated carbocycles. The van der Waals surface area contributed by atoms with E-state index in [0.29, 0.717) is 42.9 Å². The molecule has 1 heterocycles. The van der Waals surface area contributed by atoms with Crippen molar-refractivity contribution in [2.75, 3.05) is 11.9 Å². The molecule has 0 fully saturated rings. The number of ether oxygens (including phenoxy) is 1. The third-order valence-corrected chi connectivity index (χ3v) is 5.79. The van der Waals surface area contributed by atoms with Crippen molar-refractivity contribution in [3.8, 4) is 5.75 Å². The molecule has 0 bridgehead atoms. The van der Waals surface area contributed by atoms with E-state index >= 15 is 0 Å². The maximum Gasteiger partial charge on any atom is 0.263 e. The second-order valence-corrected chi connectivity index (χ2v) is 8.32. The molecule has 1 unspecified atom stereocenters. The molecule has 2 amide bonds. The van der Waals surface area contributed by atoms with Gasteiger partial charge in [-0.2, -0.15) is 0 Å². The van der Waals surface area contributed by atoms with Crippen molar-refractivity contribution in [1.29, 1.82) is 0 Å². The van der Waals surface area contributed by atoms with Gasteiger partial charge >= 0.3 is 0 Å². The number of amides is 2. The highest BCUT2D eigenvalue weighted by molar-refractivity contribution is 5.92. The Morgan fingerprint density at radius 1 is 1.00 bits per heavy atom. The Kier molecular flexibility index (Phi) is 7.21. The van der Waals surface area contributed by atoms with Crippen LogP contribution in [0.1, 0.15) is 30.0 Å². The number of nitrogens with one attached hydrogen (secondary N) is 1. The van der Waals surface area contributed by atoms with Gasteiger partial charge in [-0.05, 0) is 66.4 Å². The van der Waals surface area contributed by atoms with Crippen LogP contribution in [0.3, 0.4) is 0 Å². The van der Waals surface area contributed by atoms with E-state index in [0.717, 1.165) is 11.1 Å². The molecule has 4 rings (SSSR count). The van der Waals surface area contributed by atoms with E-state index in [-0.39, 0.29) is 29.9 Å². The number of fused-ring (bicyclic) bond motifs is 1. The maximum absolute atomic E-state index is 13.2. The lowest BCUT2D eigenvalue weighted by atomic mass is 10.1. The average Bonchev–Trinajstić information content (AvgIpc) is 2.96. The lowest BCUT2D eigenvalue weighted by Gasteiger charge is -2.23. The smallest absolute Gasteiger partial charge is 0.263 e. The van der Waals surface area contributed by atoms with Gasteiger partial charge in [0.15, 0.2) is 6.10 Å². The standard InChI is InChI=1S/C27H26F2N2O3/c1-2-24-27(33)31(14-13-18-3-7-21(28)8-4-18)17-20-16-23(11-12-25(20)34-24)30-26(32)15-19-5-9-22(29)10-6-19/h3-12,16,24H,2,13-15,17H2,1H3,(H,30,32). The molecular formula is C27H26F2N2O3. The van der Waals surface area contributed by atoms with Gasteiger partial charge in [-0.3, -0.25) is 9.59 Å². The van der Waals surface area contributed by atoms with Gasteiger partial charge < -0.3 is 15.0 Å². The normalized spacial score (nSPS) is 15.3. The minimum absolute atomic E-state index is 0.0947. The number of anilines is 1. The third kappa shape index (κ3) is 5.78. The average molecular weight is 465 g/mol. The molecule has 0 saturated heterocycles. The first-order valence-electron chi connectivity index (χ1n) is 11.3. The Morgan fingerprint density at radius 2 is 1.65 bits per heavy atom. The van der Waals surface area contributed by atoms with Crippen molar-refractivity contribution in [3.05, 3.63) is 95.1 Å². The molecule has 1 atom stereocenters. The van der Waals surface area contributed by atoms with Crippen molar-refractivity contribution in [2.45, 2.75) is 38.8 Å². The molecule has 1 N–H and O–H groups in total. The largest absolute Gasteiger partial charge is 0.480 e. The number of benzene rings is 3. The summed E-state index contributed by atoms with van der Waals surface area (Å²) < 4.78 is 32.3. The van der Waals surface area contributed by atoms with Crippen LogP contribution >= 0.6 is 0 Å². The summed E-state index contributed by atoms with van der Waals surface area (Å²) in [7, 11) is 0. The summed E-state index contributed by atoms with van der Waals surface area (Å²) in [5, 5.41) is 2.86. The Morgan fingerprint density at radius 3 is 2.29 bits per heavy atom. The van der Waals surface area contributed by atoms with Gasteiger partial charge in [0.25, 0.3) is 5.91 Å². The van der Waals surface area contributed by atoms with E-state index < -0.39 is 6.10 Å². The first-order chi connectivity index (χ1) is 16.4. The molecular weight excluding hydrogens is 438 g/mol. The number of halogens is 2. The van der Waals surface area contributed by atoms with Gasteiger partial charge in [-0.25, -0.2) is 8.78 Å². The van der Waals surface area contributed by atoms with Crippen molar-refractivity contribution in [2.24, 2.45) is 0 Å². The predicted molar refractivity (Wildman–Crippen MR) is 125 cm³/mol. The highest BCUT2D eigenvalue weighted by atomic mass is 19.1. The first-order valence-corrected chi connectivity index (χ1v) is 11.3. The van der Waals surface area contributed by atoms with Crippen LogP contribution < -0.4 is 10.1 Å². The summed E-state index contributed by atoms with van der Waals surface area (Å²) in [4.78, 5) is 27.3. The third-order valence-electron chi connectivity index (χ3n) is 5.79. The van der Waals surface area contributed by atoms with Crippen LogP contribution in [0.4, 0.5) is 14.5 Å². The van der Waals surface area contributed by atoms with Gasteiger partial charge in [0, 0.05) is 24.3 Å². The Labute approximate surface area is 197 Å². The lowest BCUT2D eigenvalue weighted by Crippen LogP contribution is -2.40.